The number of ether oxygens (including phenoxy) is 1. The summed E-state index contributed by atoms with van der Waals surface area (Å²) in [7, 11) is 0. The standard InChI is InChI=1S/C29H29Cl2N3O3/c30-23-9-5-20(6-10-23)28(21-7-11-24(31)12-8-21)37-19-25(35)18-33-13-15-34(16-14-33)29(36)27-17-22-3-1-2-4-26(22)32-27/h1-12,17,25,28,32,35H,13-16,18-19H2. The minimum Gasteiger partial charge on any atom is -0.389 e. The summed E-state index contributed by atoms with van der Waals surface area (Å²) in [6.45, 7) is 3.26. The summed E-state index contributed by atoms with van der Waals surface area (Å²) in [5.41, 5.74) is 3.47. The molecule has 1 unspecified atom stereocenters. The second kappa shape index (κ2) is 11.7. The van der Waals surface area contributed by atoms with E-state index in [9.17, 15) is 9.90 Å². The number of aliphatic hydroxyl groups excluding tert-OH is 1. The maximum atomic E-state index is 13.0. The molecular formula is C29H29Cl2N3O3. The Morgan fingerprint density at radius 1 is 0.892 bits per heavy atom. The molecule has 1 atom stereocenters. The highest BCUT2D eigenvalue weighted by Crippen LogP contribution is 2.28. The van der Waals surface area contributed by atoms with Crippen molar-refractivity contribution in [1.82, 2.24) is 14.8 Å². The monoisotopic (exact) mass is 537 g/mol. The molecular weight excluding hydrogens is 509 g/mol. The number of aromatic amines is 1. The third kappa shape index (κ3) is 6.35. The van der Waals surface area contributed by atoms with Gasteiger partial charge < -0.3 is 19.7 Å². The minimum absolute atomic E-state index is 0.00787. The molecule has 1 fully saturated rings. The zero-order valence-corrected chi connectivity index (χ0v) is 21.8. The van der Waals surface area contributed by atoms with Crippen molar-refractivity contribution in [2.75, 3.05) is 39.3 Å². The molecule has 37 heavy (non-hydrogen) atoms. The smallest absolute Gasteiger partial charge is 0.270 e. The van der Waals surface area contributed by atoms with Crippen molar-refractivity contribution in [3.8, 4) is 0 Å². The van der Waals surface area contributed by atoms with Gasteiger partial charge in [0, 0.05) is 53.7 Å². The number of hydrogen-bond acceptors (Lipinski definition) is 4. The van der Waals surface area contributed by atoms with Gasteiger partial charge in [-0.15, -0.1) is 0 Å². The largest absolute Gasteiger partial charge is 0.389 e. The third-order valence-corrected chi connectivity index (χ3v) is 7.19. The number of amides is 1. The van der Waals surface area contributed by atoms with Crippen LogP contribution < -0.4 is 0 Å². The highest BCUT2D eigenvalue weighted by atomic mass is 35.5. The van der Waals surface area contributed by atoms with E-state index in [4.69, 9.17) is 27.9 Å². The maximum Gasteiger partial charge on any atom is 0.270 e. The first-order valence-corrected chi connectivity index (χ1v) is 13.1. The van der Waals surface area contributed by atoms with Crippen LogP contribution in [0.2, 0.25) is 10.0 Å². The van der Waals surface area contributed by atoms with Crippen LogP contribution in [0.15, 0.2) is 78.9 Å². The third-order valence-electron chi connectivity index (χ3n) is 6.69. The molecule has 1 aromatic heterocycles. The van der Waals surface area contributed by atoms with E-state index in [1.54, 1.807) is 0 Å². The molecule has 1 aliphatic rings. The van der Waals surface area contributed by atoms with Crippen LogP contribution in [0.25, 0.3) is 10.9 Å². The first-order valence-electron chi connectivity index (χ1n) is 12.4. The number of benzene rings is 3. The lowest BCUT2D eigenvalue weighted by Crippen LogP contribution is -2.50. The number of aromatic nitrogens is 1. The number of para-hydroxylation sites is 1. The Labute approximate surface area is 226 Å². The first kappa shape index (κ1) is 25.8. The number of nitrogens with one attached hydrogen (secondary N) is 1. The summed E-state index contributed by atoms with van der Waals surface area (Å²) in [5.74, 6) is 0.00787. The van der Waals surface area contributed by atoms with Crippen molar-refractivity contribution in [3.63, 3.8) is 0 Å². The maximum absolute atomic E-state index is 13.0. The Morgan fingerprint density at radius 3 is 2.08 bits per heavy atom. The van der Waals surface area contributed by atoms with Crippen LogP contribution >= 0.6 is 23.2 Å². The van der Waals surface area contributed by atoms with Crippen molar-refractivity contribution < 1.29 is 14.6 Å². The van der Waals surface area contributed by atoms with E-state index in [2.05, 4.69) is 9.88 Å². The van der Waals surface area contributed by atoms with E-state index >= 15 is 0 Å². The molecule has 0 aliphatic carbocycles. The number of aliphatic hydroxyl groups is 1. The average molecular weight is 538 g/mol. The molecule has 2 heterocycles. The quantitative estimate of drug-likeness (QED) is 0.315. The fourth-order valence-corrected chi connectivity index (χ4v) is 4.96. The summed E-state index contributed by atoms with van der Waals surface area (Å²) in [5, 5.41) is 13.1. The van der Waals surface area contributed by atoms with Gasteiger partial charge in [0.25, 0.3) is 5.91 Å². The molecule has 0 spiro atoms. The van der Waals surface area contributed by atoms with Crippen molar-refractivity contribution in [2.24, 2.45) is 0 Å². The summed E-state index contributed by atoms with van der Waals surface area (Å²) >= 11 is 12.1. The van der Waals surface area contributed by atoms with Gasteiger partial charge in [0.05, 0.1) is 12.7 Å². The molecule has 8 heteroatoms. The van der Waals surface area contributed by atoms with E-state index in [0.29, 0.717) is 48.5 Å². The van der Waals surface area contributed by atoms with Gasteiger partial charge >= 0.3 is 0 Å². The highest BCUT2D eigenvalue weighted by molar-refractivity contribution is 6.30. The number of piperazine rings is 1. The molecule has 0 radical (unpaired) electrons. The van der Waals surface area contributed by atoms with Gasteiger partial charge in [0.15, 0.2) is 0 Å². The number of carbonyl (C=O) groups is 1. The predicted molar refractivity (Wildman–Crippen MR) is 147 cm³/mol. The van der Waals surface area contributed by atoms with Crippen molar-refractivity contribution in [2.45, 2.75) is 12.2 Å². The summed E-state index contributed by atoms with van der Waals surface area (Å²) < 4.78 is 6.21. The number of H-pyrrole nitrogens is 1. The number of carbonyl (C=O) groups excluding carboxylic acids is 1. The van der Waals surface area contributed by atoms with Crippen LogP contribution in [0, 0.1) is 0 Å². The van der Waals surface area contributed by atoms with Crippen molar-refractivity contribution in [1.29, 1.82) is 0 Å². The van der Waals surface area contributed by atoms with Gasteiger partial charge in [0.1, 0.15) is 11.8 Å². The molecule has 1 saturated heterocycles. The van der Waals surface area contributed by atoms with E-state index in [1.807, 2.05) is 83.8 Å². The molecule has 0 saturated carbocycles. The van der Waals surface area contributed by atoms with Crippen molar-refractivity contribution in [3.05, 3.63) is 106 Å². The number of halogens is 2. The van der Waals surface area contributed by atoms with Gasteiger partial charge in [-0.1, -0.05) is 65.7 Å². The van der Waals surface area contributed by atoms with Crippen LogP contribution in [0.5, 0.6) is 0 Å². The molecule has 1 aliphatic heterocycles. The Hall–Kier alpha value is -2.87. The van der Waals surface area contributed by atoms with E-state index in [0.717, 1.165) is 22.0 Å². The average Bonchev–Trinajstić information content (AvgIpc) is 3.35. The molecule has 192 valence electrons. The Bertz CT molecular complexity index is 1250. The van der Waals surface area contributed by atoms with Crippen LogP contribution in [-0.4, -0.2) is 71.2 Å². The zero-order chi connectivity index (χ0) is 25.8. The second-order valence-electron chi connectivity index (χ2n) is 9.33. The molecule has 6 nitrogen and oxygen atoms in total. The van der Waals surface area contributed by atoms with E-state index in [-0.39, 0.29) is 18.6 Å². The number of fused-ring (bicyclic) bond motifs is 1. The SMILES string of the molecule is O=C(c1cc2ccccc2[nH]1)N1CCN(CC(O)COC(c2ccc(Cl)cc2)c2ccc(Cl)cc2)CC1. The molecule has 5 rings (SSSR count). The lowest BCUT2D eigenvalue weighted by atomic mass is 10.0. The van der Waals surface area contributed by atoms with Gasteiger partial charge in [-0.25, -0.2) is 0 Å². The van der Waals surface area contributed by atoms with Crippen LogP contribution in [0.3, 0.4) is 0 Å². The number of rotatable bonds is 8. The minimum atomic E-state index is -0.668. The lowest BCUT2D eigenvalue weighted by Gasteiger charge is -2.35. The fourth-order valence-electron chi connectivity index (χ4n) is 4.71. The summed E-state index contributed by atoms with van der Waals surface area (Å²) in [4.78, 5) is 20.2. The predicted octanol–water partition coefficient (Wildman–Crippen LogP) is 5.40. The Morgan fingerprint density at radius 2 is 1.49 bits per heavy atom. The van der Waals surface area contributed by atoms with Crippen molar-refractivity contribution >= 4 is 40.0 Å². The van der Waals surface area contributed by atoms with E-state index < -0.39 is 6.10 Å². The Balaban J connectivity index is 1.15. The summed E-state index contributed by atoms with van der Waals surface area (Å²) in [6, 6.07) is 24.8. The van der Waals surface area contributed by atoms with Crippen LogP contribution in [0.4, 0.5) is 0 Å². The molecule has 3 aromatic carbocycles. The number of nitrogens with zero attached hydrogens (tertiary/aromatic N) is 2. The second-order valence-corrected chi connectivity index (χ2v) is 10.2. The van der Waals surface area contributed by atoms with Gasteiger partial charge in [-0.05, 0) is 47.5 Å². The Kier molecular flexibility index (Phi) is 8.13. The normalized spacial score (nSPS) is 15.4. The molecule has 0 bridgehead atoms. The highest BCUT2D eigenvalue weighted by Gasteiger charge is 2.25. The molecule has 1 amide bonds. The van der Waals surface area contributed by atoms with Gasteiger partial charge in [0.2, 0.25) is 0 Å². The van der Waals surface area contributed by atoms with Crippen LogP contribution in [0.1, 0.15) is 27.7 Å². The summed E-state index contributed by atoms with van der Waals surface area (Å²) in [6.07, 6.45) is -1.02. The zero-order valence-electron chi connectivity index (χ0n) is 20.3. The van der Waals surface area contributed by atoms with Gasteiger partial charge in [-0.3, -0.25) is 9.69 Å². The molecule has 2 N–H and O–H groups in total. The fraction of sp³-hybridized carbons (Fsp3) is 0.276. The topological polar surface area (TPSA) is 68.8 Å². The van der Waals surface area contributed by atoms with E-state index in [1.165, 1.54) is 0 Å². The lowest BCUT2D eigenvalue weighted by molar-refractivity contribution is -0.0137. The number of β-amino-alcohol motifs (C(OH)–C–C–N with tert-alkyl or cyclic N) is 1. The number of hydrogen-bond donors (Lipinski definition) is 2. The molecule has 4 aromatic rings. The first-order chi connectivity index (χ1) is 18.0. The van der Waals surface area contributed by atoms with Gasteiger partial charge in [-0.2, -0.15) is 0 Å². The van der Waals surface area contributed by atoms with Crippen LogP contribution in [-0.2, 0) is 4.74 Å².